The van der Waals surface area contributed by atoms with E-state index in [2.05, 4.69) is 12.2 Å². The van der Waals surface area contributed by atoms with Gasteiger partial charge in [0.25, 0.3) is 5.91 Å². The zero-order chi connectivity index (χ0) is 19.1. The molecule has 0 aliphatic rings. The van der Waals surface area contributed by atoms with Gasteiger partial charge in [0.15, 0.2) is 0 Å². The molecular weight excluding hydrogens is 354 g/mol. The highest BCUT2D eigenvalue weighted by Gasteiger charge is 2.17. The Morgan fingerprint density at radius 1 is 0.926 bits per heavy atom. The van der Waals surface area contributed by atoms with Gasteiger partial charge < -0.3 is 5.32 Å². The second-order valence-corrected chi connectivity index (χ2v) is 6.70. The van der Waals surface area contributed by atoms with Gasteiger partial charge in [0.05, 0.1) is 6.04 Å². The molecule has 0 unspecified atom stereocenters. The van der Waals surface area contributed by atoms with E-state index in [1.807, 2.05) is 91.0 Å². The Labute approximate surface area is 165 Å². The standard InChI is InChI=1S/C24H22ClNO/c1-2-23(19-13-7-4-8-14-19)26-24(27)21(18-11-5-3-6-12-18)17-20-15-9-10-16-22(20)25/h3-17,23H,2H2,1H3,(H,26,27)/b21-17+/t23-/m1/s1. The highest BCUT2D eigenvalue weighted by atomic mass is 35.5. The summed E-state index contributed by atoms with van der Waals surface area (Å²) in [6.07, 6.45) is 2.66. The van der Waals surface area contributed by atoms with Crippen molar-refractivity contribution in [2.45, 2.75) is 19.4 Å². The number of benzene rings is 3. The molecule has 3 heteroatoms. The summed E-state index contributed by atoms with van der Waals surface area (Å²) in [6, 6.07) is 27.2. The molecule has 3 aromatic rings. The van der Waals surface area contributed by atoms with Gasteiger partial charge >= 0.3 is 0 Å². The van der Waals surface area contributed by atoms with Crippen molar-refractivity contribution in [1.29, 1.82) is 0 Å². The minimum absolute atomic E-state index is 0.0444. The molecule has 1 atom stereocenters. The third-order valence-corrected chi connectivity index (χ3v) is 4.79. The fourth-order valence-corrected chi connectivity index (χ4v) is 3.18. The third kappa shape index (κ3) is 4.87. The van der Waals surface area contributed by atoms with Crippen molar-refractivity contribution in [3.63, 3.8) is 0 Å². The number of carbonyl (C=O) groups is 1. The number of amides is 1. The predicted molar refractivity (Wildman–Crippen MR) is 113 cm³/mol. The fourth-order valence-electron chi connectivity index (χ4n) is 2.99. The molecule has 1 amide bonds. The molecule has 0 bridgehead atoms. The molecular formula is C24H22ClNO. The number of nitrogens with one attached hydrogen (secondary N) is 1. The topological polar surface area (TPSA) is 29.1 Å². The van der Waals surface area contributed by atoms with E-state index in [0.29, 0.717) is 10.6 Å². The van der Waals surface area contributed by atoms with Gasteiger partial charge in [-0.3, -0.25) is 4.79 Å². The summed E-state index contributed by atoms with van der Waals surface area (Å²) in [5.41, 5.74) is 3.37. The van der Waals surface area contributed by atoms with E-state index in [1.54, 1.807) is 0 Å². The molecule has 0 fully saturated rings. The van der Waals surface area contributed by atoms with Crippen LogP contribution in [0.25, 0.3) is 11.6 Å². The van der Waals surface area contributed by atoms with Crippen LogP contribution in [-0.4, -0.2) is 5.91 Å². The van der Waals surface area contributed by atoms with Crippen LogP contribution in [0.2, 0.25) is 5.02 Å². The summed E-state index contributed by atoms with van der Waals surface area (Å²) in [5, 5.41) is 3.79. The van der Waals surface area contributed by atoms with Crippen molar-refractivity contribution in [3.8, 4) is 0 Å². The van der Waals surface area contributed by atoms with Crippen molar-refractivity contribution in [1.82, 2.24) is 5.32 Å². The minimum atomic E-state index is -0.114. The number of hydrogen-bond acceptors (Lipinski definition) is 1. The lowest BCUT2D eigenvalue weighted by Gasteiger charge is -2.19. The predicted octanol–water partition coefficient (Wildman–Crippen LogP) is 6.15. The highest BCUT2D eigenvalue weighted by Crippen LogP contribution is 2.25. The van der Waals surface area contributed by atoms with Crippen LogP contribution in [0.15, 0.2) is 84.9 Å². The van der Waals surface area contributed by atoms with E-state index in [0.717, 1.165) is 23.1 Å². The van der Waals surface area contributed by atoms with Crippen LogP contribution in [0, 0.1) is 0 Å². The molecule has 0 aromatic heterocycles. The first-order chi connectivity index (χ1) is 13.2. The molecule has 0 aliphatic heterocycles. The van der Waals surface area contributed by atoms with Gasteiger partial charge in [0.2, 0.25) is 0 Å². The lowest BCUT2D eigenvalue weighted by Crippen LogP contribution is -2.28. The van der Waals surface area contributed by atoms with Gasteiger partial charge in [0, 0.05) is 10.6 Å². The average molecular weight is 376 g/mol. The first-order valence-electron chi connectivity index (χ1n) is 9.06. The molecule has 0 radical (unpaired) electrons. The second kappa shape index (κ2) is 9.20. The van der Waals surface area contributed by atoms with E-state index in [1.165, 1.54) is 0 Å². The van der Waals surface area contributed by atoms with Crippen LogP contribution in [-0.2, 0) is 4.79 Å². The highest BCUT2D eigenvalue weighted by molar-refractivity contribution is 6.33. The monoisotopic (exact) mass is 375 g/mol. The van der Waals surface area contributed by atoms with Crippen molar-refractivity contribution >= 4 is 29.2 Å². The van der Waals surface area contributed by atoms with Crippen molar-refractivity contribution in [3.05, 3.63) is 107 Å². The Balaban J connectivity index is 1.95. The lowest BCUT2D eigenvalue weighted by atomic mass is 9.99. The van der Waals surface area contributed by atoms with E-state index in [-0.39, 0.29) is 11.9 Å². The third-order valence-electron chi connectivity index (χ3n) is 4.45. The average Bonchev–Trinajstić information content (AvgIpc) is 2.72. The van der Waals surface area contributed by atoms with E-state index >= 15 is 0 Å². The molecule has 0 heterocycles. The Bertz CT molecular complexity index is 919. The maximum Gasteiger partial charge on any atom is 0.252 e. The molecule has 1 N–H and O–H groups in total. The van der Waals surface area contributed by atoms with Crippen LogP contribution in [0.3, 0.4) is 0 Å². The first-order valence-corrected chi connectivity index (χ1v) is 9.44. The van der Waals surface area contributed by atoms with Gasteiger partial charge in [0.1, 0.15) is 0 Å². The smallest absolute Gasteiger partial charge is 0.252 e. The number of hydrogen-bond donors (Lipinski definition) is 1. The van der Waals surface area contributed by atoms with E-state index in [4.69, 9.17) is 11.6 Å². The van der Waals surface area contributed by atoms with Gasteiger partial charge in [-0.05, 0) is 35.3 Å². The van der Waals surface area contributed by atoms with Gasteiger partial charge in [-0.1, -0.05) is 97.4 Å². The largest absolute Gasteiger partial charge is 0.345 e. The summed E-state index contributed by atoms with van der Waals surface area (Å²) in [7, 11) is 0. The molecule has 0 spiro atoms. The van der Waals surface area contributed by atoms with Crippen LogP contribution in [0.5, 0.6) is 0 Å². The normalized spacial score (nSPS) is 12.4. The van der Waals surface area contributed by atoms with Crippen molar-refractivity contribution in [2.75, 3.05) is 0 Å². The summed E-state index contributed by atoms with van der Waals surface area (Å²) >= 11 is 6.31. The first kappa shape index (κ1) is 18.9. The molecule has 2 nitrogen and oxygen atoms in total. The molecule has 0 aliphatic carbocycles. The van der Waals surface area contributed by atoms with Crippen LogP contribution in [0.1, 0.15) is 36.1 Å². The summed E-state index contributed by atoms with van der Waals surface area (Å²) in [4.78, 5) is 13.2. The SMILES string of the molecule is CC[C@@H](NC(=O)/C(=C/c1ccccc1Cl)c1ccccc1)c1ccccc1. The summed E-state index contributed by atoms with van der Waals surface area (Å²) in [5.74, 6) is -0.114. The Morgan fingerprint density at radius 2 is 1.52 bits per heavy atom. The molecule has 0 saturated carbocycles. The number of rotatable bonds is 6. The van der Waals surface area contributed by atoms with Gasteiger partial charge in [-0.15, -0.1) is 0 Å². The Kier molecular flexibility index (Phi) is 6.45. The quantitative estimate of drug-likeness (QED) is 0.406. The molecule has 27 heavy (non-hydrogen) atoms. The van der Waals surface area contributed by atoms with E-state index in [9.17, 15) is 4.79 Å². The van der Waals surface area contributed by atoms with Gasteiger partial charge in [-0.2, -0.15) is 0 Å². The maximum atomic E-state index is 13.2. The van der Waals surface area contributed by atoms with E-state index < -0.39 is 0 Å². The van der Waals surface area contributed by atoms with Crippen molar-refractivity contribution < 1.29 is 4.79 Å². The molecule has 136 valence electrons. The number of carbonyl (C=O) groups excluding carboxylic acids is 1. The Morgan fingerprint density at radius 3 is 2.15 bits per heavy atom. The maximum absolute atomic E-state index is 13.2. The zero-order valence-electron chi connectivity index (χ0n) is 15.2. The van der Waals surface area contributed by atoms with Crippen LogP contribution >= 0.6 is 11.6 Å². The Hall–Kier alpha value is -2.84. The molecule has 0 saturated heterocycles. The molecule has 3 rings (SSSR count). The van der Waals surface area contributed by atoms with Crippen LogP contribution < -0.4 is 5.32 Å². The summed E-state index contributed by atoms with van der Waals surface area (Å²) < 4.78 is 0. The fraction of sp³-hybridized carbons (Fsp3) is 0.125. The summed E-state index contributed by atoms with van der Waals surface area (Å²) in [6.45, 7) is 2.07. The second-order valence-electron chi connectivity index (χ2n) is 6.29. The van der Waals surface area contributed by atoms with Crippen molar-refractivity contribution in [2.24, 2.45) is 0 Å². The van der Waals surface area contributed by atoms with Gasteiger partial charge in [-0.25, -0.2) is 0 Å². The zero-order valence-corrected chi connectivity index (χ0v) is 16.0. The number of halogens is 1. The minimum Gasteiger partial charge on any atom is -0.345 e. The molecule has 3 aromatic carbocycles. The lowest BCUT2D eigenvalue weighted by molar-refractivity contribution is -0.116. The van der Waals surface area contributed by atoms with Crippen LogP contribution in [0.4, 0.5) is 0 Å².